The normalized spacial score (nSPS) is 11.8. The molecule has 3 N–H and O–H groups in total. The van der Waals surface area contributed by atoms with Crippen LogP contribution in [0.1, 0.15) is 34.1 Å². The summed E-state index contributed by atoms with van der Waals surface area (Å²) in [5.74, 6) is -0.228. The van der Waals surface area contributed by atoms with Gasteiger partial charge in [0.2, 0.25) is 0 Å². The summed E-state index contributed by atoms with van der Waals surface area (Å²) < 4.78 is 0. The second-order valence-electron chi connectivity index (χ2n) is 4.80. The minimum atomic E-state index is -0.149. The van der Waals surface area contributed by atoms with E-state index in [1.165, 1.54) is 4.90 Å². The lowest BCUT2D eigenvalue weighted by Crippen LogP contribution is -2.29. The number of amides is 2. The van der Waals surface area contributed by atoms with Gasteiger partial charge in [-0.1, -0.05) is 0 Å². The second-order valence-corrected chi connectivity index (χ2v) is 4.80. The van der Waals surface area contributed by atoms with Gasteiger partial charge in [0.1, 0.15) is 0 Å². The summed E-state index contributed by atoms with van der Waals surface area (Å²) in [4.78, 5) is 25.0. The molecule has 0 aliphatic carbocycles. The van der Waals surface area contributed by atoms with Crippen LogP contribution in [0.4, 0.5) is 0 Å². The lowest BCUT2D eigenvalue weighted by Gasteiger charge is -2.11. The van der Waals surface area contributed by atoms with E-state index in [0.717, 1.165) is 6.42 Å². The standard InChI is InChI=1S/C14H21N3O2/c1-10(15)8-9-16-13(18)11-4-6-12(7-5-11)14(19)17(2)3/h4-7,10H,8-9,15H2,1-3H3,(H,16,18). The van der Waals surface area contributed by atoms with Crippen molar-refractivity contribution in [1.82, 2.24) is 10.2 Å². The molecule has 0 saturated carbocycles. The number of benzene rings is 1. The Balaban J connectivity index is 2.61. The van der Waals surface area contributed by atoms with Gasteiger partial charge in [-0.05, 0) is 37.6 Å². The maximum Gasteiger partial charge on any atom is 0.253 e. The van der Waals surface area contributed by atoms with Crippen LogP contribution in [0.25, 0.3) is 0 Å². The SMILES string of the molecule is CC(N)CCNC(=O)c1ccc(C(=O)N(C)C)cc1. The maximum atomic E-state index is 11.8. The third-order valence-corrected chi connectivity index (χ3v) is 2.69. The fraction of sp³-hybridized carbons (Fsp3) is 0.429. The predicted molar refractivity (Wildman–Crippen MR) is 75.1 cm³/mol. The van der Waals surface area contributed by atoms with Crippen LogP contribution in [0.5, 0.6) is 0 Å². The second kappa shape index (κ2) is 6.89. The first-order valence-electron chi connectivity index (χ1n) is 6.27. The Morgan fingerprint density at radius 3 is 2.21 bits per heavy atom. The van der Waals surface area contributed by atoms with Crippen LogP contribution >= 0.6 is 0 Å². The Morgan fingerprint density at radius 1 is 1.21 bits per heavy atom. The molecule has 1 unspecified atom stereocenters. The smallest absolute Gasteiger partial charge is 0.253 e. The number of nitrogens with one attached hydrogen (secondary N) is 1. The van der Waals surface area contributed by atoms with Crippen LogP contribution in [0.3, 0.4) is 0 Å². The van der Waals surface area contributed by atoms with Crippen molar-refractivity contribution in [2.75, 3.05) is 20.6 Å². The van der Waals surface area contributed by atoms with Gasteiger partial charge in [-0.3, -0.25) is 9.59 Å². The zero-order valence-corrected chi connectivity index (χ0v) is 11.6. The predicted octanol–water partition coefficient (Wildman–Crippen LogP) is 0.856. The van der Waals surface area contributed by atoms with E-state index in [4.69, 9.17) is 5.73 Å². The molecule has 19 heavy (non-hydrogen) atoms. The highest BCUT2D eigenvalue weighted by atomic mass is 16.2. The summed E-state index contributed by atoms with van der Waals surface area (Å²) in [7, 11) is 3.38. The van der Waals surface area contributed by atoms with E-state index in [0.29, 0.717) is 17.7 Å². The van der Waals surface area contributed by atoms with Gasteiger partial charge in [0.25, 0.3) is 11.8 Å². The third kappa shape index (κ3) is 4.71. The molecule has 2 amide bonds. The average molecular weight is 263 g/mol. The number of hydrogen-bond acceptors (Lipinski definition) is 3. The minimum absolute atomic E-state index is 0.0698. The maximum absolute atomic E-state index is 11.8. The Hall–Kier alpha value is -1.88. The molecule has 0 aromatic heterocycles. The molecule has 0 aliphatic heterocycles. The number of nitrogens with zero attached hydrogens (tertiary/aromatic N) is 1. The zero-order valence-electron chi connectivity index (χ0n) is 11.6. The Morgan fingerprint density at radius 2 is 1.74 bits per heavy atom. The van der Waals surface area contributed by atoms with Crippen LogP contribution < -0.4 is 11.1 Å². The summed E-state index contributed by atoms with van der Waals surface area (Å²) in [6.07, 6.45) is 0.739. The fourth-order valence-corrected chi connectivity index (χ4v) is 1.54. The molecular formula is C14H21N3O2. The first-order chi connectivity index (χ1) is 8.91. The molecule has 5 heteroatoms. The van der Waals surface area contributed by atoms with Crippen LogP contribution in [0, 0.1) is 0 Å². The Bertz CT molecular complexity index is 439. The zero-order chi connectivity index (χ0) is 14.4. The van der Waals surface area contributed by atoms with Gasteiger partial charge in [0.15, 0.2) is 0 Å². The molecule has 0 radical (unpaired) electrons. The van der Waals surface area contributed by atoms with Gasteiger partial charge < -0.3 is 16.0 Å². The number of hydrogen-bond donors (Lipinski definition) is 2. The van der Waals surface area contributed by atoms with E-state index in [2.05, 4.69) is 5.32 Å². The van der Waals surface area contributed by atoms with Crippen molar-refractivity contribution in [2.24, 2.45) is 5.73 Å². The molecule has 5 nitrogen and oxygen atoms in total. The van der Waals surface area contributed by atoms with Crippen LogP contribution in [-0.2, 0) is 0 Å². The van der Waals surface area contributed by atoms with E-state index in [9.17, 15) is 9.59 Å². The van der Waals surface area contributed by atoms with Crippen LogP contribution in [0.15, 0.2) is 24.3 Å². The monoisotopic (exact) mass is 263 g/mol. The van der Waals surface area contributed by atoms with Crippen molar-refractivity contribution >= 4 is 11.8 Å². The van der Waals surface area contributed by atoms with Gasteiger partial charge in [-0.25, -0.2) is 0 Å². The summed E-state index contributed by atoms with van der Waals surface area (Å²) in [6, 6.07) is 6.68. The Kier molecular flexibility index (Phi) is 5.51. The van der Waals surface area contributed by atoms with Crippen molar-refractivity contribution in [3.8, 4) is 0 Å². The highest BCUT2D eigenvalue weighted by Crippen LogP contribution is 2.06. The summed E-state index contributed by atoms with van der Waals surface area (Å²) in [5, 5.41) is 2.79. The molecular weight excluding hydrogens is 242 g/mol. The Labute approximate surface area is 113 Å². The molecule has 0 aliphatic rings. The van der Waals surface area contributed by atoms with E-state index in [1.807, 2.05) is 6.92 Å². The van der Waals surface area contributed by atoms with Gasteiger partial charge in [-0.2, -0.15) is 0 Å². The molecule has 1 atom stereocenters. The molecule has 1 aromatic carbocycles. The van der Waals surface area contributed by atoms with Gasteiger partial charge in [-0.15, -0.1) is 0 Å². The largest absolute Gasteiger partial charge is 0.352 e. The van der Waals surface area contributed by atoms with Crippen LogP contribution in [0.2, 0.25) is 0 Å². The molecule has 104 valence electrons. The number of rotatable bonds is 5. The topological polar surface area (TPSA) is 75.4 Å². The van der Waals surface area contributed by atoms with Crippen molar-refractivity contribution < 1.29 is 9.59 Å². The molecule has 1 aromatic rings. The van der Waals surface area contributed by atoms with Crippen molar-refractivity contribution in [2.45, 2.75) is 19.4 Å². The molecule has 1 rings (SSSR count). The molecule has 0 fully saturated rings. The summed E-state index contributed by atoms with van der Waals surface area (Å²) in [5.41, 5.74) is 6.71. The molecule has 0 heterocycles. The van der Waals surface area contributed by atoms with Gasteiger partial charge >= 0.3 is 0 Å². The quantitative estimate of drug-likeness (QED) is 0.827. The van der Waals surface area contributed by atoms with Crippen molar-refractivity contribution in [3.05, 3.63) is 35.4 Å². The van der Waals surface area contributed by atoms with Gasteiger partial charge in [0.05, 0.1) is 0 Å². The molecule has 0 spiro atoms. The van der Waals surface area contributed by atoms with E-state index in [1.54, 1.807) is 38.4 Å². The minimum Gasteiger partial charge on any atom is -0.352 e. The lowest BCUT2D eigenvalue weighted by molar-refractivity contribution is 0.0826. The number of carbonyl (C=O) groups is 2. The van der Waals surface area contributed by atoms with Crippen molar-refractivity contribution in [1.29, 1.82) is 0 Å². The highest BCUT2D eigenvalue weighted by molar-refractivity contribution is 5.97. The van der Waals surface area contributed by atoms with Crippen molar-refractivity contribution in [3.63, 3.8) is 0 Å². The first-order valence-corrected chi connectivity index (χ1v) is 6.27. The highest BCUT2D eigenvalue weighted by Gasteiger charge is 2.10. The lowest BCUT2D eigenvalue weighted by atomic mass is 10.1. The number of nitrogens with two attached hydrogens (primary N) is 1. The number of carbonyl (C=O) groups excluding carboxylic acids is 2. The summed E-state index contributed by atoms with van der Waals surface area (Å²) in [6.45, 7) is 2.45. The van der Waals surface area contributed by atoms with E-state index in [-0.39, 0.29) is 17.9 Å². The van der Waals surface area contributed by atoms with Crippen LogP contribution in [-0.4, -0.2) is 43.4 Å². The third-order valence-electron chi connectivity index (χ3n) is 2.69. The molecule has 0 bridgehead atoms. The van der Waals surface area contributed by atoms with Gasteiger partial charge in [0, 0.05) is 37.8 Å². The summed E-state index contributed by atoms with van der Waals surface area (Å²) >= 11 is 0. The van der Waals surface area contributed by atoms with E-state index < -0.39 is 0 Å². The van der Waals surface area contributed by atoms with E-state index >= 15 is 0 Å². The average Bonchev–Trinajstić information content (AvgIpc) is 2.37. The fourth-order valence-electron chi connectivity index (χ4n) is 1.54. The first kappa shape index (κ1) is 15.2. The molecule has 0 saturated heterocycles.